The number of fused-ring (bicyclic) bond motifs is 1. The molecule has 0 bridgehead atoms. The zero-order chi connectivity index (χ0) is 17.1. The van der Waals surface area contributed by atoms with Gasteiger partial charge in [0.15, 0.2) is 5.82 Å². The van der Waals surface area contributed by atoms with Gasteiger partial charge >= 0.3 is 0 Å². The van der Waals surface area contributed by atoms with Crippen molar-refractivity contribution in [2.75, 3.05) is 11.9 Å². The Morgan fingerprint density at radius 3 is 3.12 bits per heavy atom. The molecule has 3 heterocycles. The predicted molar refractivity (Wildman–Crippen MR) is 91.7 cm³/mol. The smallest absolute Gasteiger partial charge is 0.225 e. The highest BCUT2D eigenvalue weighted by Crippen LogP contribution is 2.35. The summed E-state index contributed by atoms with van der Waals surface area (Å²) in [6, 6.07) is 9.68. The van der Waals surface area contributed by atoms with E-state index in [1.807, 2.05) is 24.3 Å². The fourth-order valence-electron chi connectivity index (χ4n) is 3.04. The molecule has 1 aliphatic heterocycles. The van der Waals surface area contributed by atoms with Crippen LogP contribution >= 0.6 is 0 Å². The van der Waals surface area contributed by atoms with E-state index in [4.69, 9.17) is 4.74 Å². The van der Waals surface area contributed by atoms with Gasteiger partial charge < -0.3 is 10.1 Å². The molecule has 7 heteroatoms. The number of nitrogens with one attached hydrogen (secondary N) is 1. The van der Waals surface area contributed by atoms with E-state index in [2.05, 4.69) is 20.4 Å². The monoisotopic (exact) mass is 335 g/mol. The van der Waals surface area contributed by atoms with Crippen molar-refractivity contribution in [3.63, 3.8) is 0 Å². The van der Waals surface area contributed by atoms with Gasteiger partial charge in [0.2, 0.25) is 5.91 Å². The van der Waals surface area contributed by atoms with E-state index < -0.39 is 0 Å². The number of carbonyl (C=O) groups excluding carboxylic acids is 1. The zero-order valence-electron chi connectivity index (χ0n) is 13.5. The van der Waals surface area contributed by atoms with Gasteiger partial charge in [-0.3, -0.25) is 4.79 Å². The van der Waals surface area contributed by atoms with Crippen molar-refractivity contribution in [1.29, 1.82) is 0 Å². The Morgan fingerprint density at radius 2 is 2.24 bits per heavy atom. The summed E-state index contributed by atoms with van der Waals surface area (Å²) < 4.78 is 7.26. The summed E-state index contributed by atoms with van der Waals surface area (Å²) in [5.74, 6) is 1.47. The number of amides is 1. The number of ether oxygens (including phenoxy) is 1. The van der Waals surface area contributed by atoms with Crippen LogP contribution in [-0.4, -0.2) is 32.3 Å². The normalized spacial score (nSPS) is 15.9. The molecule has 126 valence electrons. The second-order valence-electron chi connectivity index (χ2n) is 5.83. The van der Waals surface area contributed by atoms with E-state index in [0.29, 0.717) is 24.5 Å². The number of benzene rings is 1. The molecule has 1 aromatic carbocycles. The molecule has 1 amide bonds. The molecule has 4 rings (SSSR count). The molecule has 2 aromatic heterocycles. The Bertz CT molecular complexity index is 879. The first kappa shape index (κ1) is 15.3. The van der Waals surface area contributed by atoms with Crippen LogP contribution in [0.4, 0.5) is 5.69 Å². The van der Waals surface area contributed by atoms with E-state index in [1.165, 1.54) is 6.33 Å². The summed E-state index contributed by atoms with van der Waals surface area (Å²) in [6.45, 7) is 0.627. The third kappa shape index (κ3) is 3.21. The standard InChI is InChI=1S/C18H17N5O2/c24-17(10-13-6-9-25-16-5-2-1-4-14(13)16)22-15-11-19-12-20-18(15)23-8-3-7-21-23/h1-5,7-8,11-13H,6,9-10H2,(H,22,24)/t13-/m0/s1. The van der Waals surface area contributed by atoms with Crippen LogP contribution < -0.4 is 10.1 Å². The molecule has 1 N–H and O–H groups in total. The Hall–Kier alpha value is -3.22. The third-order valence-electron chi connectivity index (χ3n) is 4.20. The van der Waals surface area contributed by atoms with Gasteiger partial charge in [-0.15, -0.1) is 0 Å². The maximum atomic E-state index is 12.6. The van der Waals surface area contributed by atoms with Crippen LogP contribution in [0.2, 0.25) is 0 Å². The third-order valence-corrected chi connectivity index (χ3v) is 4.20. The number of aromatic nitrogens is 4. The summed E-state index contributed by atoms with van der Waals surface area (Å²) in [5, 5.41) is 7.07. The Balaban J connectivity index is 1.51. The van der Waals surface area contributed by atoms with Crippen LogP contribution in [0.3, 0.4) is 0 Å². The average Bonchev–Trinajstić information content (AvgIpc) is 3.17. The lowest BCUT2D eigenvalue weighted by Gasteiger charge is -2.25. The SMILES string of the molecule is O=C(C[C@@H]1CCOc2ccccc21)Nc1cncnc1-n1cccn1. The number of hydrogen-bond donors (Lipinski definition) is 1. The molecule has 25 heavy (non-hydrogen) atoms. The first-order valence-electron chi connectivity index (χ1n) is 8.13. The van der Waals surface area contributed by atoms with E-state index in [9.17, 15) is 4.79 Å². The van der Waals surface area contributed by atoms with Gasteiger partial charge in [0.25, 0.3) is 0 Å². The van der Waals surface area contributed by atoms with Gasteiger partial charge in [-0.05, 0) is 30.0 Å². The summed E-state index contributed by atoms with van der Waals surface area (Å²) >= 11 is 0. The fraction of sp³-hybridized carbons (Fsp3) is 0.222. The molecule has 1 aliphatic rings. The number of para-hydroxylation sites is 1. The van der Waals surface area contributed by atoms with E-state index in [1.54, 1.807) is 29.3 Å². The Labute approximate surface area is 144 Å². The van der Waals surface area contributed by atoms with Gasteiger partial charge in [0.1, 0.15) is 17.8 Å². The molecule has 0 unspecified atom stereocenters. The van der Waals surface area contributed by atoms with Gasteiger partial charge in [-0.25, -0.2) is 14.6 Å². The summed E-state index contributed by atoms with van der Waals surface area (Å²) in [5.41, 5.74) is 1.62. The average molecular weight is 335 g/mol. The molecule has 0 radical (unpaired) electrons. The van der Waals surface area contributed by atoms with Crippen molar-refractivity contribution in [2.24, 2.45) is 0 Å². The Morgan fingerprint density at radius 1 is 1.32 bits per heavy atom. The molecular formula is C18H17N5O2. The number of nitrogens with zero attached hydrogens (tertiary/aromatic N) is 4. The van der Waals surface area contributed by atoms with Crippen molar-refractivity contribution < 1.29 is 9.53 Å². The van der Waals surface area contributed by atoms with Crippen molar-refractivity contribution in [2.45, 2.75) is 18.8 Å². The molecule has 3 aromatic rings. The van der Waals surface area contributed by atoms with Gasteiger partial charge in [0.05, 0.1) is 12.8 Å². The first-order valence-corrected chi connectivity index (χ1v) is 8.13. The molecule has 0 saturated heterocycles. The highest BCUT2D eigenvalue weighted by Gasteiger charge is 2.24. The maximum absolute atomic E-state index is 12.6. The molecule has 0 fully saturated rings. The summed E-state index contributed by atoms with van der Waals surface area (Å²) in [4.78, 5) is 20.8. The van der Waals surface area contributed by atoms with Gasteiger partial charge in [-0.2, -0.15) is 5.10 Å². The largest absolute Gasteiger partial charge is 0.493 e. The topological polar surface area (TPSA) is 81.9 Å². The Kier molecular flexibility index (Phi) is 4.12. The fourth-order valence-corrected chi connectivity index (χ4v) is 3.04. The van der Waals surface area contributed by atoms with Crippen LogP contribution in [0.1, 0.15) is 24.3 Å². The second-order valence-corrected chi connectivity index (χ2v) is 5.83. The van der Waals surface area contributed by atoms with Crippen LogP contribution in [0.15, 0.2) is 55.2 Å². The number of anilines is 1. The van der Waals surface area contributed by atoms with Crippen LogP contribution in [0, 0.1) is 0 Å². The second kappa shape index (κ2) is 6.72. The minimum atomic E-state index is -0.0788. The van der Waals surface area contributed by atoms with Crippen molar-refractivity contribution in [3.8, 4) is 11.6 Å². The van der Waals surface area contributed by atoms with Crippen molar-refractivity contribution in [3.05, 3.63) is 60.8 Å². The lowest BCUT2D eigenvalue weighted by atomic mass is 9.90. The van der Waals surface area contributed by atoms with Crippen molar-refractivity contribution >= 4 is 11.6 Å². The van der Waals surface area contributed by atoms with Crippen LogP contribution in [0.5, 0.6) is 5.75 Å². The molecule has 0 aliphatic carbocycles. The van der Waals surface area contributed by atoms with Crippen LogP contribution in [-0.2, 0) is 4.79 Å². The predicted octanol–water partition coefficient (Wildman–Crippen LogP) is 2.56. The number of hydrogen-bond acceptors (Lipinski definition) is 5. The van der Waals surface area contributed by atoms with Crippen molar-refractivity contribution in [1.82, 2.24) is 19.7 Å². The minimum Gasteiger partial charge on any atom is -0.493 e. The molecular weight excluding hydrogens is 318 g/mol. The molecule has 0 spiro atoms. The van der Waals surface area contributed by atoms with Gasteiger partial charge in [0, 0.05) is 18.8 Å². The summed E-state index contributed by atoms with van der Waals surface area (Å²) in [7, 11) is 0. The quantitative estimate of drug-likeness (QED) is 0.792. The molecule has 1 atom stereocenters. The zero-order valence-corrected chi connectivity index (χ0v) is 13.5. The van der Waals surface area contributed by atoms with Crippen LogP contribution in [0.25, 0.3) is 5.82 Å². The summed E-state index contributed by atoms with van der Waals surface area (Å²) in [6.07, 6.45) is 7.65. The lowest BCUT2D eigenvalue weighted by Crippen LogP contribution is -2.21. The highest BCUT2D eigenvalue weighted by molar-refractivity contribution is 5.92. The highest BCUT2D eigenvalue weighted by atomic mass is 16.5. The maximum Gasteiger partial charge on any atom is 0.225 e. The first-order chi connectivity index (χ1) is 12.3. The number of rotatable bonds is 4. The number of carbonyl (C=O) groups is 1. The lowest BCUT2D eigenvalue weighted by molar-refractivity contribution is -0.116. The molecule has 7 nitrogen and oxygen atoms in total. The van der Waals surface area contributed by atoms with E-state index in [0.717, 1.165) is 17.7 Å². The molecule has 0 saturated carbocycles. The van der Waals surface area contributed by atoms with E-state index >= 15 is 0 Å². The minimum absolute atomic E-state index is 0.0788. The van der Waals surface area contributed by atoms with E-state index in [-0.39, 0.29) is 11.8 Å². The van der Waals surface area contributed by atoms with Gasteiger partial charge in [-0.1, -0.05) is 18.2 Å².